The van der Waals surface area contributed by atoms with Crippen LogP contribution in [0.1, 0.15) is 16.8 Å². The highest BCUT2D eigenvalue weighted by Gasteiger charge is 2.42. The van der Waals surface area contributed by atoms with Crippen molar-refractivity contribution in [2.75, 3.05) is 0 Å². The van der Waals surface area contributed by atoms with Gasteiger partial charge < -0.3 is 5.32 Å². The van der Waals surface area contributed by atoms with Crippen molar-refractivity contribution in [1.29, 1.82) is 0 Å². The molecular weight excluding hydrogens is 292 g/mol. The van der Waals surface area contributed by atoms with Crippen LogP contribution in [-0.2, 0) is 0 Å². The number of carbonyl (C=O) groups excluding carboxylic acids is 2. The van der Waals surface area contributed by atoms with Gasteiger partial charge in [0.2, 0.25) is 0 Å². The Labute approximate surface area is 132 Å². The van der Waals surface area contributed by atoms with Gasteiger partial charge in [-0.25, -0.2) is 4.79 Å². The van der Waals surface area contributed by atoms with Gasteiger partial charge in [-0.05, 0) is 18.6 Å². The number of allylic oxidation sites excluding steroid dienone is 2. The third kappa shape index (κ3) is 3.54. The first-order chi connectivity index (χ1) is 10.3. The van der Waals surface area contributed by atoms with Gasteiger partial charge in [0.1, 0.15) is 0 Å². The van der Waals surface area contributed by atoms with Crippen LogP contribution in [-0.4, -0.2) is 25.2 Å². The van der Waals surface area contributed by atoms with E-state index in [4.69, 9.17) is 0 Å². The number of urea groups is 1. The lowest BCUT2D eigenvalue weighted by atomic mass is 10.1. The van der Waals surface area contributed by atoms with E-state index in [0.717, 1.165) is 6.42 Å². The second-order valence-electron chi connectivity index (χ2n) is 6.49. The number of rotatable bonds is 3. The smallest absolute Gasteiger partial charge is 0.322 e. The van der Waals surface area contributed by atoms with E-state index in [1.54, 1.807) is 24.3 Å². The van der Waals surface area contributed by atoms with Crippen LogP contribution < -0.4 is 10.6 Å². The summed E-state index contributed by atoms with van der Waals surface area (Å²) in [4.78, 5) is 24.3. The summed E-state index contributed by atoms with van der Waals surface area (Å²) >= 11 is 0. The lowest BCUT2D eigenvalue weighted by Crippen LogP contribution is -2.64. The molecule has 0 saturated heterocycles. The number of hydrogen-bond donors (Lipinski definition) is 2. The number of amides is 3. The highest BCUT2D eigenvalue weighted by molar-refractivity contribution is 6.80. The van der Waals surface area contributed by atoms with Crippen molar-refractivity contribution in [2.45, 2.75) is 31.2 Å². The number of hydrogen-bond acceptors (Lipinski definition) is 2. The summed E-state index contributed by atoms with van der Waals surface area (Å²) in [5.74, 6) is -0.390. The molecule has 0 radical (unpaired) electrons. The van der Waals surface area contributed by atoms with Crippen molar-refractivity contribution >= 4 is 20.0 Å². The van der Waals surface area contributed by atoms with E-state index in [1.165, 1.54) is 0 Å². The Balaban J connectivity index is 2.08. The van der Waals surface area contributed by atoms with Crippen molar-refractivity contribution in [3.8, 4) is 0 Å². The Morgan fingerprint density at radius 3 is 2.32 bits per heavy atom. The van der Waals surface area contributed by atoms with Crippen molar-refractivity contribution in [1.82, 2.24) is 10.6 Å². The normalized spacial score (nSPS) is 20.5. The topological polar surface area (TPSA) is 58.2 Å². The maximum atomic E-state index is 12.3. The standard InChI is InChI=1S/C17H22N2O2Si/c1-22(2,3)17(12-8-5-9-13-17)19-16(21)18-15(20)14-10-6-4-7-11-14/h4-12H,13H2,1-3H3,(H2,18,19,20,21). The molecule has 1 aliphatic rings. The van der Waals surface area contributed by atoms with Gasteiger partial charge in [-0.3, -0.25) is 10.1 Å². The van der Waals surface area contributed by atoms with Gasteiger partial charge >= 0.3 is 6.03 Å². The van der Waals surface area contributed by atoms with Crippen LogP contribution in [0.25, 0.3) is 0 Å². The zero-order valence-corrected chi connectivity index (χ0v) is 14.2. The predicted molar refractivity (Wildman–Crippen MR) is 91.4 cm³/mol. The quantitative estimate of drug-likeness (QED) is 0.841. The van der Waals surface area contributed by atoms with Crippen LogP contribution in [0, 0.1) is 0 Å². The molecule has 1 atom stereocenters. The van der Waals surface area contributed by atoms with Gasteiger partial charge in [-0.1, -0.05) is 62.1 Å². The fraction of sp³-hybridized carbons (Fsp3) is 0.294. The van der Waals surface area contributed by atoms with Gasteiger partial charge in [-0.2, -0.15) is 0 Å². The van der Waals surface area contributed by atoms with Crippen molar-refractivity contribution in [3.63, 3.8) is 0 Å². The molecule has 3 amide bonds. The van der Waals surface area contributed by atoms with Crippen molar-refractivity contribution in [2.24, 2.45) is 0 Å². The first-order valence-electron chi connectivity index (χ1n) is 7.37. The number of nitrogens with one attached hydrogen (secondary N) is 2. The van der Waals surface area contributed by atoms with Crippen LogP contribution in [0.4, 0.5) is 4.79 Å². The van der Waals surface area contributed by atoms with Gasteiger partial charge in [0, 0.05) is 5.56 Å². The van der Waals surface area contributed by atoms with E-state index in [-0.39, 0.29) is 11.1 Å². The molecule has 0 bridgehead atoms. The lowest BCUT2D eigenvalue weighted by molar-refractivity contribution is 0.0963. The first kappa shape index (κ1) is 16.2. The Morgan fingerprint density at radius 2 is 1.77 bits per heavy atom. The molecule has 0 saturated carbocycles. The van der Waals surface area contributed by atoms with Gasteiger partial charge in [0.05, 0.1) is 13.2 Å². The first-order valence-corrected chi connectivity index (χ1v) is 10.9. The average molecular weight is 314 g/mol. The fourth-order valence-electron chi connectivity index (χ4n) is 2.46. The van der Waals surface area contributed by atoms with Crippen LogP contribution in [0.15, 0.2) is 54.6 Å². The monoisotopic (exact) mass is 314 g/mol. The van der Waals surface area contributed by atoms with Crippen LogP contribution >= 0.6 is 0 Å². The van der Waals surface area contributed by atoms with E-state index in [0.29, 0.717) is 5.56 Å². The highest BCUT2D eigenvalue weighted by atomic mass is 28.3. The van der Waals surface area contributed by atoms with E-state index < -0.39 is 14.1 Å². The molecule has 1 aliphatic carbocycles. The molecule has 2 rings (SSSR count). The highest BCUT2D eigenvalue weighted by Crippen LogP contribution is 2.29. The average Bonchev–Trinajstić information content (AvgIpc) is 2.48. The Bertz CT molecular complexity index is 617. The van der Waals surface area contributed by atoms with Crippen LogP contribution in [0.5, 0.6) is 0 Å². The van der Waals surface area contributed by atoms with E-state index in [1.807, 2.05) is 24.3 Å². The zero-order valence-electron chi connectivity index (χ0n) is 13.2. The number of benzene rings is 1. The van der Waals surface area contributed by atoms with E-state index >= 15 is 0 Å². The molecule has 2 N–H and O–H groups in total. The molecule has 0 spiro atoms. The summed E-state index contributed by atoms with van der Waals surface area (Å²) in [5.41, 5.74) is 0.471. The molecule has 1 aromatic carbocycles. The molecule has 0 heterocycles. The second kappa shape index (κ2) is 6.32. The summed E-state index contributed by atoms with van der Waals surface area (Å²) in [7, 11) is -1.72. The Hall–Kier alpha value is -2.14. The lowest BCUT2D eigenvalue weighted by Gasteiger charge is -2.42. The molecule has 116 valence electrons. The molecule has 0 fully saturated rings. The minimum absolute atomic E-state index is 0.372. The Morgan fingerprint density at radius 1 is 1.09 bits per heavy atom. The largest absolute Gasteiger partial charge is 0.331 e. The van der Waals surface area contributed by atoms with Crippen molar-refractivity contribution in [3.05, 3.63) is 60.2 Å². The maximum absolute atomic E-state index is 12.3. The molecule has 5 heteroatoms. The zero-order chi connectivity index (χ0) is 16.2. The van der Waals surface area contributed by atoms with Crippen LogP contribution in [0.2, 0.25) is 19.6 Å². The predicted octanol–water partition coefficient (Wildman–Crippen LogP) is 3.26. The minimum atomic E-state index is -1.72. The van der Waals surface area contributed by atoms with Crippen molar-refractivity contribution < 1.29 is 9.59 Å². The molecule has 0 aromatic heterocycles. The third-order valence-corrected chi connectivity index (χ3v) is 7.18. The SMILES string of the molecule is C[Si](C)(C)C1(NC(=O)NC(=O)c2ccccc2)C=CC=CC1. The van der Waals surface area contributed by atoms with Gasteiger partial charge in [0.25, 0.3) is 5.91 Å². The second-order valence-corrected chi connectivity index (χ2v) is 11.9. The summed E-state index contributed by atoms with van der Waals surface area (Å²) in [6, 6.07) is 8.28. The molecular formula is C17H22N2O2Si. The maximum Gasteiger partial charge on any atom is 0.322 e. The molecule has 4 nitrogen and oxygen atoms in total. The minimum Gasteiger partial charge on any atom is -0.331 e. The number of carbonyl (C=O) groups is 2. The molecule has 1 aromatic rings. The number of imide groups is 1. The molecule has 1 unspecified atom stereocenters. The third-order valence-electron chi connectivity index (χ3n) is 4.01. The fourth-order valence-corrected chi connectivity index (χ4v) is 4.27. The Kier molecular flexibility index (Phi) is 4.66. The summed E-state index contributed by atoms with van der Waals surface area (Å²) in [5, 5.41) is 5.07. The molecule has 22 heavy (non-hydrogen) atoms. The van der Waals surface area contributed by atoms with Crippen LogP contribution in [0.3, 0.4) is 0 Å². The summed E-state index contributed by atoms with van der Waals surface area (Å²) in [6.45, 7) is 6.61. The van der Waals surface area contributed by atoms with Gasteiger partial charge in [-0.15, -0.1) is 0 Å². The summed E-state index contributed by atoms with van der Waals surface area (Å²) in [6.07, 6.45) is 8.80. The van der Waals surface area contributed by atoms with Gasteiger partial charge in [0.15, 0.2) is 0 Å². The van der Waals surface area contributed by atoms with E-state index in [9.17, 15) is 9.59 Å². The molecule has 0 aliphatic heterocycles. The summed E-state index contributed by atoms with van der Waals surface area (Å²) < 4.78 is 0. The van der Waals surface area contributed by atoms with E-state index in [2.05, 4.69) is 36.4 Å².